The van der Waals surface area contributed by atoms with Crippen LogP contribution >= 0.6 is 0 Å². The topological polar surface area (TPSA) is 78.8 Å². The summed E-state index contributed by atoms with van der Waals surface area (Å²) in [5.74, 6) is 2.08. The SMILES string of the molecule is Cn1cc(-c2ccc3c(c2)C(NC(=O)Cc2ccc4c(c2)OCO4)CCO3)ccc1=O. The van der Waals surface area contributed by atoms with E-state index in [4.69, 9.17) is 14.2 Å². The number of carbonyl (C=O) groups excluding carboxylic acids is 1. The van der Waals surface area contributed by atoms with E-state index in [1.54, 1.807) is 29.9 Å². The lowest BCUT2D eigenvalue weighted by Gasteiger charge is -2.27. The molecule has 7 heteroatoms. The minimum absolute atomic E-state index is 0.0568. The Bertz CT molecular complexity index is 1220. The summed E-state index contributed by atoms with van der Waals surface area (Å²) in [7, 11) is 1.73. The maximum atomic E-state index is 12.8. The first-order chi connectivity index (χ1) is 15.1. The van der Waals surface area contributed by atoms with Gasteiger partial charge in [0.25, 0.3) is 0 Å². The lowest BCUT2D eigenvalue weighted by atomic mass is 9.95. The van der Waals surface area contributed by atoms with Crippen molar-refractivity contribution in [2.24, 2.45) is 7.05 Å². The van der Waals surface area contributed by atoms with Crippen molar-refractivity contribution in [2.45, 2.75) is 18.9 Å². The number of amides is 1. The summed E-state index contributed by atoms with van der Waals surface area (Å²) in [6.07, 6.45) is 2.75. The van der Waals surface area contributed by atoms with Gasteiger partial charge < -0.3 is 24.1 Å². The van der Waals surface area contributed by atoms with Crippen LogP contribution in [0.1, 0.15) is 23.6 Å². The van der Waals surface area contributed by atoms with Crippen LogP contribution in [-0.4, -0.2) is 23.9 Å². The van der Waals surface area contributed by atoms with Gasteiger partial charge in [-0.1, -0.05) is 12.1 Å². The highest BCUT2D eigenvalue weighted by molar-refractivity contribution is 5.79. The molecule has 158 valence electrons. The number of aromatic nitrogens is 1. The van der Waals surface area contributed by atoms with Gasteiger partial charge in [0.15, 0.2) is 11.5 Å². The lowest BCUT2D eigenvalue weighted by Crippen LogP contribution is -2.33. The molecular formula is C24H22N2O5. The molecule has 0 saturated heterocycles. The molecule has 3 heterocycles. The zero-order valence-corrected chi connectivity index (χ0v) is 17.1. The van der Waals surface area contributed by atoms with Crippen molar-refractivity contribution in [1.29, 1.82) is 0 Å². The summed E-state index contributed by atoms with van der Waals surface area (Å²) < 4.78 is 18.1. The predicted molar refractivity (Wildman–Crippen MR) is 114 cm³/mol. The number of carbonyl (C=O) groups is 1. The number of nitrogens with zero attached hydrogens (tertiary/aromatic N) is 1. The molecule has 1 N–H and O–H groups in total. The maximum absolute atomic E-state index is 12.8. The molecule has 0 aliphatic carbocycles. The highest BCUT2D eigenvalue weighted by Crippen LogP contribution is 2.36. The van der Waals surface area contributed by atoms with E-state index in [2.05, 4.69) is 5.32 Å². The molecule has 3 aromatic rings. The molecule has 1 aromatic heterocycles. The monoisotopic (exact) mass is 418 g/mol. The highest BCUT2D eigenvalue weighted by Gasteiger charge is 2.24. The average molecular weight is 418 g/mol. The van der Waals surface area contributed by atoms with Crippen LogP contribution in [0.4, 0.5) is 0 Å². The number of ether oxygens (including phenoxy) is 3. The smallest absolute Gasteiger partial charge is 0.250 e. The molecule has 0 fully saturated rings. The van der Waals surface area contributed by atoms with Crippen molar-refractivity contribution in [3.8, 4) is 28.4 Å². The van der Waals surface area contributed by atoms with Crippen LogP contribution in [-0.2, 0) is 18.3 Å². The Morgan fingerprint density at radius 1 is 1.00 bits per heavy atom. The van der Waals surface area contributed by atoms with E-state index in [0.29, 0.717) is 24.5 Å². The van der Waals surface area contributed by atoms with Gasteiger partial charge in [-0.2, -0.15) is 0 Å². The summed E-state index contributed by atoms with van der Waals surface area (Å²) in [6.45, 7) is 0.753. The summed E-state index contributed by atoms with van der Waals surface area (Å²) in [4.78, 5) is 24.5. The summed E-state index contributed by atoms with van der Waals surface area (Å²) in [5, 5.41) is 3.14. The molecule has 1 amide bonds. The molecule has 1 atom stereocenters. The van der Waals surface area contributed by atoms with Crippen LogP contribution < -0.4 is 25.1 Å². The summed E-state index contributed by atoms with van der Waals surface area (Å²) in [5.41, 5.74) is 3.65. The Morgan fingerprint density at radius 2 is 1.81 bits per heavy atom. The number of aryl methyl sites for hydroxylation is 1. The quantitative estimate of drug-likeness (QED) is 0.705. The highest BCUT2D eigenvalue weighted by atomic mass is 16.7. The summed E-state index contributed by atoms with van der Waals surface area (Å²) in [6, 6.07) is 14.7. The van der Waals surface area contributed by atoms with E-state index in [1.807, 2.05) is 36.4 Å². The predicted octanol–water partition coefficient (Wildman–Crippen LogP) is 2.96. The second-order valence-corrected chi connectivity index (χ2v) is 7.74. The number of rotatable bonds is 4. The fourth-order valence-electron chi connectivity index (χ4n) is 3.97. The van der Waals surface area contributed by atoms with E-state index in [-0.39, 0.29) is 30.7 Å². The van der Waals surface area contributed by atoms with E-state index < -0.39 is 0 Å². The van der Waals surface area contributed by atoms with Crippen molar-refractivity contribution in [3.05, 3.63) is 76.2 Å². The Labute approximate surface area is 179 Å². The second-order valence-electron chi connectivity index (χ2n) is 7.74. The number of benzene rings is 2. The first-order valence-electron chi connectivity index (χ1n) is 10.2. The van der Waals surface area contributed by atoms with Crippen molar-refractivity contribution in [3.63, 3.8) is 0 Å². The van der Waals surface area contributed by atoms with Gasteiger partial charge in [0, 0.05) is 31.3 Å². The van der Waals surface area contributed by atoms with Crippen LogP contribution in [0.5, 0.6) is 17.2 Å². The molecule has 0 spiro atoms. The standard InChI is InChI=1S/C24H22N2O5/c1-26-13-17(4-7-24(26)28)16-3-6-20-18(12-16)19(8-9-29-20)25-23(27)11-15-2-5-21-22(10-15)31-14-30-21/h2-7,10,12-13,19H,8-9,11,14H2,1H3,(H,25,27). The Morgan fingerprint density at radius 3 is 2.68 bits per heavy atom. The molecule has 0 saturated carbocycles. The third-order valence-electron chi connectivity index (χ3n) is 5.61. The van der Waals surface area contributed by atoms with Crippen LogP contribution in [0.25, 0.3) is 11.1 Å². The fraction of sp³-hybridized carbons (Fsp3) is 0.250. The van der Waals surface area contributed by atoms with Crippen LogP contribution in [0.15, 0.2) is 59.5 Å². The lowest BCUT2D eigenvalue weighted by molar-refractivity contribution is -0.121. The molecule has 7 nitrogen and oxygen atoms in total. The third kappa shape index (κ3) is 3.86. The molecule has 31 heavy (non-hydrogen) atoms. The Kier molecular flexibility index (Phi) is 4.86. The Balaban J connectivity index is 1.36. The maximum Gasteiger partial charge on any atom is 0.250 e. The molecule has 1 unspecified atom stereocenters. The minimum atomic E-state index is -0.141. The van der Waals surface area contributed by atoms with Gasteiger partial charge in [-0.25, -0.2) is 0 Å². The molecular weight excluding hydrogens is 396 g/mol. The van der Waals surface area contributed by atoms with Gasteiger partial charge in [-0.05, 0) is 47.0 Å². The van der Waals surface area contributed by atoms with Crippen molar-refractivity contribution in [1.82, 2.24) is 9.88 Å². The second kappa shape index (κ2) is 7.83. The van der Waals surface area contributed by atoms with E-state index in [0.717, 1.165) is 28.0 Å². The fourth-order valence-corrected chi connectivity index (χ4v) is 3.97. The van der Waals surface area contributed by atoms with E-state index in [9.17, 15) is 9.59 Å². The van der Waals surface area contributed by atoms with Gasteiger partial charge in [0.2, 0.25) is 18.3 Å². The number of fused-ring (bicyclic) bond motifs is 2. The van der Waals surface area contributed by atoms with Crippen LogP contribution in [0.2, 0.25) is 0 Å². The van der Waals surface area contributed by atoms with E-state index >= 15 is 0 Å². The van der Waals surface area contributed by atoms with Crippen LogP contribution in [0, 0.1) is 0 Å². The number of nitrogens with one attached hydrogen (secondary N) is 1. The van der Waals surface area contributed by atoms with Gasteiger partial charge in [-0.15, -0.1) is 0 Å². The van der Waals surface area contributed by atoms with Gasteiger partial charge in [-0.3, -0.25) is 9.59 Å². The average Bonchev–Trinajstić information content (AvgIpc) is 3.23. The minimum Gasteiger partial charge on any atom is -0.493 e. The Hall–Kier alpha value is -3.74. The summed E-state index contributed by atoms with van der Waals surface area (Å²) >= 11 is 0. The first kappa shape index (κ1) is 19.2. The number of hydrogen-bond donors (Lipinski definition) is 1. The van der Waals surface area contributed by atoms with Crippen molar-refractivity contribution < 1.29 is 19.0 Å². The normalized spacial score (nSPS) is 16.4. The molecule has 5 rings (SSSR count). The van der Waals surface area contributed by atoms with Crippen molar-refractivity contribution in [2.75, 3.05) is 13.4 Å². The van der Waals surface area contributed by atoms with E-state index in [1.165, 1.54) is 0 Å². The number of hydrogen-bond acceptors (Lipinski definition) is 5. The van der Waals surface area contributed by atoms with Gasteiger partial charge in [0.05, 0.1) is 19.1 Å². The van der Waals surface area contributed by atoms with Gasteiger partial charge in [0.1, 0.15) is 5.75 Å². The third-order valence-corrected chi connectivity index (χ3v) is 5.61. The zero-order chi connectivity index (χ0) is 21.4. The molecule has 0 radical (unpaired) electrons. The number of pyridine rings is 1. The first-order valence-corrected chi connectivity index (χ1v) is 10.2. The molecule has 2 aliphatic rings. The molecule has 0 bridgehead atoms. The van der Waals surface area contributed by atoms with Crippen molar-refractivity contribution >= 4 is 5.91 Å². The van der Waals surface area contributed by atoms with Crippen LogP contribution in [0.3, 0.4) is 0 Å². The van der Waals surface area contributed by atoms with Gasteiger partial charge >= 0.3 is 0 Å². The zero-order valence-electron chi connectivity index (χ0n) is 17.1. The molecule has 2 aromatic carbocycles. The largest absolute Gasteiger partial charge is 0.493 e. The molecule has 2 aliphatic heterocycles.